The third-order valence-electron chi connectivity index (χ3n) is 2.41. The van der Waals surface area contributed by atoms with E-state index in [4.69, 9.17) is 0 Å². The molecule has 1 N–H and O–H groups in total. The summed E-state index contributed by atoms with van der Waals surface area (Å²) in [6.45, 7) is 7.91. The van der Waals surface area contributed by atoms with Gasteiger partial charge in [0.2, 0.25) is 0 Å². The van der Waals surface area contributed by atoms with Crippen molar-refractivity contribution in [2.24, 2.45) is 0 Å². The normalized spacial score (nSPS) is 12.1. The molecule has 0 heterocycles. The SMILES string of the molecule is Cc1ccc(S(=O)(=O)O)c([Si]C(C)C)c1C. The van der Waals surface area contributed by atoms with Gasteiger partial charge in [-0.15, -0.1) is 0 Å². The lowest BCUT2D eigenvalue weighted by atomic mass is 10.1. The molecule has 1 aromatic carbocycles. The second-order valence-corrected chi connectivity index (χ2v) is 7.49. The van der Waals surface area contributed by atoms with Gasteiger partial charge in [0.05, 0.1) is 14.4 Å². The molecule has 2 radical (unpaired) electrons. The molecule has 0 spiro atoms. The van der Waals surface area contributed by atoms with Crippen molar-refractivity contribution in [3.63, 3.8) is 0 Å². The molecule has 0 aromatic heterocycles. The molecule has 0 fully saturated rings. The second-order valence-electron chi connectivity index (χ2n) is 4.15. The fraction of sp³-hybridized carbons (Fsp3) is 0.455. The number of hydrogen-bond acceptors (Lipinski definition) is 2. The topological polar surface area (TPSA) is 54.4 Å². The lowest BCUT2D eigenvalue weighted by Gasteiger charge is -2.13. The van der Waals surface area contributed by atoms with E-state index in [0.29, 0.717) is 15.1 Å². The van der Waals surface area contributed by atoms with Gasteiger partial charge in [-0.05, 0) is 36.2 Å². The summed E-state index contributed by atoms with van der Waals surface area (Å²) in [5.74, 6) is 0. The van der Waals surface area contributed by atoms with Gasteiger partial charge in [0.25, 0.3) is 10.1 Å². The third-order valence-corrected chi connectivity index (χ3v) is 5.00. The van der Waals surface area contributed by atoms with Crippen LogP contribution >= 0.6 is 0 Å². The van der Waals surface area contributed by atoms with Crippen LogP contribution in [0.1, 0.15) is 25.0 Å². The van der Waals surface area contributed by atoms with Crippen LogP contribution < -0.4 is 5.19 Å². The van der Waals surface area contributed by atoms with Crippen LogP contribution in [0.2, 0.25) is 5.54 Å². The van der Waals surface area contributed by atoms with Gasteiger partial charge in [0.1, 0.15) is 0 Å². The number of rotatable bonds is 3. The zero-order valence-corrected chi connectivity index (χ0v) is 11.7. The van der Waals surface area contributed by atoms with Crippen molar-refractivity contribution >= 4 is 24.8 Å². The first-order chi connectivity index (χ1) is 7.23. The summed E-state index contributed by atoms with van der Waals surface area (Å²) < 4.78 is 31.7. The van der Waals surface area contributed by atoms with E-state index in [1.807, 2.05) is 27.7 Å². The summed E-state index contributed by atoms with van der Waals surface area (Å²) in [5, 5.41) is 0.762. The molecule has 1 rings (SSSR count). The summed E-state index contributed by atoms with van der Waals surface area (Å²) in [4.78, 5) is 0.0580. The largest absolute Gasteiger partial charge is 0.294 e. The molecule has 88 valence electrons. The van der Waals surface area contributed by atoms with E-state index in [2.05, 4.69) is 0 Å². The smallest absolute Gasteiger partial charge is 0.282 e. The molecule has 0 unspecified atom stereocenters. The Morgan fingerprint density at radius 2 is 1.81 bits per heavy atom. The van der Waals surface area contributed by atoms with Gasteiger partial charge in [-0.1, -0.05) is 25.5 Å². The molecule has 3 nitrogen and oxygen atoms in total. The first-order valence-corrected chi connectivity index (χ1v) is 7.59. The lowest BCUT2D eigenvalue weighted by Crippen LogP contribution is -2.27. The highest BCUT2D eigenvalue weighted by Crippen LogP contribution is 2.14. The van der Waals surface area contributed by atoms with Crippen molar-refractivity contribution < 1.29 is 13.0 Å². The summed E-state index contributed by atoms with van der Waals surface area (Å²) >= 11 is 0. The molecule has 0 aliphatic rings. The summed E-state index contributed by atoms with van der Waals surface area (Å²) in [6.07, 6.45) is 0. The Hall–Kier alpha value is -0.653. The van der Waals surface area contributed by atoms with Crippen LogP contribution in [0, 0.1) is 13.8 Å². The molecule has 5 heteroatoms. The third kappa shape index (κ3) is 2.93. The van der Waals surface area contributed by atoms with E-state index >= 15 is 0 Å². The van der Waals surface area contributed by atoms with Crippen LogP contribution in [0.15, 0.2) is 17.0 Å². The molecule has 1 aromatic rings. The lowest BCUT2D eigenvalue weighted by molar-refractivity contribution is 0.484. The van der Waals surface area contributed by atoms with E-state index in [-0.39, 0.29) is 4.90 Å². The Bertz CT molecular complexity index is 492. The van der Waals surface area contributed by atoms with Crippen LogP contribution in [0.4, 0.5) is 0 Å². The highest BCUT2D eigenvalue weighted by molar-refractivity contribution is 7.86. The Morgan fingerprint density at radius 3 is 2.25 bits per heavy atom. The summed E-state index contributed by atoms with van der Waals surface area (Å²) in [5.41, 5.74) is 2.39. The number of hydrogen-bond donors (Lipinski definition) is 1. The van der Waals surface area contributed by atoms with Gasteiger partial charge in [0, 0.05) is 0 Å². The Morgan fingerprint density at radius 1 is 1.25 bits per heavy atom. The van der Waals surface area contributed by atoms with Crippen LogP contribution in [-0.4, -0.2) is 22.5 Å². The number of benzene rings is 1. The second kappa shape index (κ2) is 4.69. The van der Waals surface area contributed by atoms with Gasteiger partial charge >= 0.3 is 0 Å². The van der Waals surface area contributed by atoms with Crippen LogP contribution in [0.5, 0.6) is 0 Å². The Kier molecular flexibility index (Phi) is 3.93. The highest BCUT2D eigenvalue weighted by atomic mass is 32.2. The minimum absolute atomic E-state index is 0.0580. The molecule has 0 saturated carbocycles. The van der Waals surface area contributed by atoms with Crippen molar-refractivity contribution in [2.75, 3.05) is 0 Å². The predicted octanol–water partition coefficient (Wildman–Crippen LogP) is 1.71. The highest BCUT2D eigenvalue weighted by Gasteiger charge is 2.19. The minimum Gasteiger partial charge on any atom is -0.282 e. The van der Waals surface area contributed by atoms with Crippen molar-refractivity contribution in [3.05, 3.63) is 23.3 Å². The molecular weight excluding hydrogens is 240 g/mol. The van der Waals surface area contributed by atoms with Gasteiger partial charge in [-0.3, -0.25) is 4.55 Å². The average Bonchev–Trinajstić information content (AvgIpc) is 2.10. The first kappa shape index (κ1) is 13.4. The van der Waals surface area contributed by atoms with E-state index in [9.17, 15) is 13.0 Å². The zero-order valence-electron chi connectivity index (χ0n) is 9.90. The Balaban J connectivity index is 3.45. The fourth-order valence-corrected chi connectivity index (χ4v) is 3.91. The summed E-state index contributed by atoms with van der Waals surface area (Å²) in [7, 11) is -3.72. The predicted molar refractivity (Wildman–Crippen MR) is 66.2 cm³/mol. The summed E-state index contributed by atoms with van der Waals surface area (Å²) in [6, 6.07) is 3.22. The monoisotopic (exact) mass is 256 g/mol. The number of aryl methyl sites for hydroxylation is 1. The van der Waals surface area contributed by atoms with Crippen molar-refractivity contribution in [1.82, 2.24) is 0 Å². The molecular formula is C11H16O3SSi. The fourth-order valence-electron chi connectivity index (χ4n) is 1.47. The maximum atomic E-state index is 11.3. The van der Waals surface area contributed by atoms with Crippen molar-refractivity contribution in [2.45, 2.75) is 38.1 Å². The van der Waals surface area contributed by atoms with Gasteiger partial charge in [-0.25, -0.2) is 0 Å². The van der Waals surface area contributed by atoms with Crippen molar-refractivity contribution in [1.29, 1.82) is 0 Å². The molecule has 0 amide bonds. The van der Waals surface area contributed by atoms with Crippen LogP contribution in [-0.2, 0) is 10.1 Å². The maximum Gasteiger partial charge on any atom is 0.294 e. The van der Waals surface area contributed by atoms with E-state index in [1.54, 1.807) is 6.07 Å². The van der Waals surface area contributed by atoms with Crippen LogP contribution in [0.25, 0.3) is 0 Å². The average molecular weight is 256 g/mol. The van der Waals surface area contributed by atoms with E-state index < -0.39 is 10.1 Å². The van der Waals surface area contributed by atoms with Gasteiger partial charge in [0.15, 0.2) is 0 Å². The van der Waals surface area contributed by atoms with Gasteiger partial charge < -0.3 is 0 Å². The molecule has 16 heavy (non-hydrogen) atoms. The van der Waals surface area contributed by atoms with E-state index in [1.165, 1.54) is 6.07 Å². The minimum atomic E-state index is -4.11. The molecule has 0 saturated heterocycles. The molecule has 0 aliphatic carbocycles. The quantitative estimate of drug-likeness (QED) is 0.661. The first-order valence-electron chi connectivity index (χ1n) is 5.07. The Labute approximate surface area is 99.5 Å². The standard InChI is InChI=1S/C11H16O3SSi/c1-7(2)16-11-9(4)8(3)5-6-10(11)15(12,13)14/h5-7H,1-4H3,(H,12,13,14). The van der Waals surface area contributed by atoms with Crippen molar-refractivity contribution in [3.8, 4) is 0 Å². The van der Waals surface area contributed by atoms with Gasteiger partial charge in [-0.2, -0.15) is 8.42 Å². The maximum absolute atomic E-state index is 11.3. The molecule has 0 atom stereocenters. The molecule has 0 aliphatic heterocycles. The van der Waals surface area contributed by atoms with E-state index in [0.717, 1.165) is 16.3 Å². The van der Waals surface area contributed by atoms with Crippen LogP contribution in [0.3, 0.4) is 0 Å². The molecule has 0 bridgehead atoms. The zero-order chi connectivity index (χ0) is 12.5.